The smallest absolute Gasteiger partial charge is 0.294 e. The Balaban J connectivity index is 1.98. The number of aromatic nitrogens is 2. The molecule has 0 aliphatic heterocycles. The van der Waals surface area contributed by atoms with Crippen LogP contribution < -0.4 is 4.74 Å². The molecule has 0 saturated carbocycles. The molecule has 2 rings (SSSR count). The molecule has 6 heteroatoms. The van der Waals surface area contributed by atoms with Gasteiger partial charge in [0, 0.05) is 12.7 Å². The van der Waals surface area contributed by atoms with Gasteiger partial charge in [-0.3, -0.25) is 4.79 Å². The summed E-state index contributed by atoms with van der Waals surface area (Å²) in [5.74, 6) is -0.0961. The largest absolute Gasteiger partial charge is 0.459 e. The Morgan fingerprint density at radius 3 is 2.77 bits per heavy atom. The Labute approximate surface area is 135 Å². The minimum Gasteiger partial charge on any atom is -0.459 e. The van der Waals surface area contributed by atoms with Gasteiger partial charge in [-0.15, -0.1) is 10.2 Å². The van der Waals surface area contributed by atoms with E-state index in [9.17, 15) is 4.79 Å². The van der Waals surface area contributed by atoms with Crippen LogP contribution in [0.1, 0.15) is 39.1 Å². The number of hydrogen-bond acceptors (Lipinski definition) is 5. The molecule has 0 saturated heterocycles. The minimum atomic E-state index is -0.0961. The number of allylic oxidation sites excluding steroid dienone is 3. The number of aryl methyl sites for hydroxylation is 1. The van der Waals surface area contributed by atoms with E-state index in [-0.39, 0.29) is 17.9 Å². The Kier molecular flexibility index (Phi) is 5.01. The second kappa shape index (κ2) is 6.60. The van der Waals surface area contributed by atoms with E-state index in [2.05, 4.69) is 43.1 Å². The third-order valence-electron chi connectivity index (χ3n) is 3.50. The first-order valence-corrected chi connectivity index (χ1v) is 8.24. The number of carbonyl (C=O) groups excluding carboxylic acids is 1. The van der Waals surface area contributed by atoms with E-state index in [4.69, 9.17) is 4.74 Å². The van der Waals surface area contributed by atoms with Gasteiger partial charge in [-0.05, 0) is 31.3 Å². The van der Waals surface area contributed by atoms with Crippen LogP contribution in [-0.2, 0) is 11.2 Å². The van der Waals surface area contributed by atoms with Crippen LogP contribution in [-0.4, -0.2) is 34.7 Å². The Bertz CT molecular complexity index is 617. The first-order chi connectivity index (χ1) is 10.3. The predicted molar refractivity (Wildman–Crippen MR) is 87.8 cm³/mol. The second-order valence-corrected chi connectivity index (χ2v) is 7.31. The summed E-state index contributed by atoms with van der Waals surface area (Å²) in [5, 5.41) is 9.24. The standard InChI is InChI=1S/C16H23N3O2S/c1-6-13-17-18-15(22-13)21-10-14(20)19(5)12-7-11(2)8-16(3,4)9-12/h7,9H,6,8,10H2,1-5H3. The zero-order valence-electron chi connectivity index (χ0n) is 13.8. The van der Waals surface area contributed by atoms with Crippen LogP contribution in [0.3, 0.4) is 0 Å². The van der Waals surface area contributed by atoms with Crippen molar-refractivity contribution in [3.8, 4) is 5.19 Å². The molecule has 120 valence electrons. The molecule has 1 aromatic heterocycles. The molecule has 0 radical (unpaired) electrons. The lowest BCUT2D eigenvalue weighted by Gasteiger charge is -2.30. The van der Waals surface area contributed by atoms with Crippen molar-refractivity contribution in [2.75, 3.05) is 13.7 Å². The fraction of sp³-hybridized carbons (Fsp3) is 0.562. The maximum Gasteiger partial charge on any atom is 0.294 e. The van der Waals surface area contributed by atoms with Crippen LogP contribution in [0, 0.1) is 5.41 Å². The van der Waals surface area contributed by atoms with Crippen molar-refractivity contribution < 1.29 is 9.53 Å². The molecule has 0 aromatic carbocycles. The number of carbonyl (C=O) groups is 1. The highest BCUT2D eigenvalue weighted by Gasteiger charge is 2.24. The van der Waals surface area contributed by atoms with Gasteiger partial charge in [-0.2, -0.15) is 0 Å². The van der Waals surface area contributed by atoms with Crippen LogP contribution >= 0.6 is 11.3 Å². The fourth-order valence-corrected chi connectivity index (χ4v) is 3.14. The lowest BCUT2D eigenvalue weighted by molar-refractivity contribution is -0.130. The summed E-state index contributed by atoms with van der Waals surface area (Å²) in [6.07, 6.45) is 6.03. The van der Waals surface area contributed by atoms with Crippen LogP contribution in [0.25, 0.3) is 0 Å². The van der Waals surface area contributed by atoms with Gasteiger partial charge in [-0.1, -0.05) is 43.8 Å². The molecule has 1 aliphatic carbocycles. The Morgan fingerprint density at radius 2 is 2.18 bits per heavy atom. The van der Waals surface area contributed by atoms with Crippen molar-refractivity contribution in [2.24, 2.45) is 5.41 Å². The van der Waals surface area contributed by atoms with Gasteiger partial charge in [0.05, 0.1) is 0 Å². The summed E-state index contributed by atoms with van der Waals surface area (Å²) in [6, 6.07) is 0. The molecule has 0 atom stereocenters. The van der Waals surface area contributed by atoms with Gasteiger partial charge < -0.3 is 9.64 Å². The normalized spacial score (nSPS) is 16.8. The molecule has 0 spiro atoms. The lowest BCUT2D eigenvalue weighted by Crippen LogP contribution is -2.32. The zero-order chi connectivity index (χ0) is 16.3. The first-order valence-electron chi connectivity index (χ1n) is 7.42. The van der Waals surface area contributed by atoms with Gasteiger partial charge in [0.25, 0.3) is 11.1 Å². The average molecular weight is 321 g/mol. The molecule has 22 heavy (non-hydrogen) atoms. The number of ether oxygens (including phenoxy) is 1. The number of nitrogens with zero attached hydrogens (tertiary/aromatic N) is 3. The molecule has 1 heterocycles. The second-order valence-electron chi connectivity index (χ2n) is 6.28. The molecule has 1 aliphatic rings. The topological polar surface area (TPSA) is 55.3 Å². The summed E-state index contributed by atoms with van der Waals surface area (Å²) < 4.78 is 5.45. The molecule has 0 N–H and O–H groups in total. The van der Waals surface area contributed by atoms with Crippen molar-refractivity contribution in [3.05, 3.63) is 28.4 Å². The fourth-order valence-electron chi connectivity index (χ4n) is 2.51. The van der Waals surface area contributed by atoms with Gasteiger partial charge in [0.15, 0.2) is 6.61 Å². The summed E-state index contributed by atoms with van der Waals surface area (Å²) in [6.45, 7) is 8.42. The van der Waals surface area contributed by atoms with E-state index < -0.39 is 0 Å². The van der Waals surface area contributed by atoms with Crippen LogP contribution in [0.5, 0.6) is 5.19 Å². The molecular weight excluding hydrogens is 298 g/mol. The van der Waals surface area contributed by atoms with Gasteiger partial charge in [0.1, 0.15) is 5.01 Å². The number of rotatable bonds is 5. The molecular formula is C16H23N3O2S. The highest BCUT2D eigenvalue weighted by molar-refractivity contribution is 7.13. The van der Waals surface area contributed by atoms with Crippen molar-refractivity contribution in [1.82, 2.24) is 15.1 Å². The lowest BCUT2D eigenvalue weighted by atomic mass is 9.81. The molecule has 0 bridgehead atoms. The van der Waals surface area contributed by atoms with Crippen molar-refractivity contribution in [1.29, 1.82) is 0 Å². The van der Waals surface area contributed by atoms with E-state index >= 15 is 0 Å². The van der Waals surface area contributed by atoms with E-state index in [1.165, 1.54) is 16.9 Å². The van der Waals surface area contributed by atoms with Crippen LogP contribution in [0.15, 0.2) is 23.4 Å². The van der Waals surface area contributed by atoms with E-state index in [1.54, 1.807) is 11.9 Å². The number of amides is 1. The molecule has 0 fully saturated rings. The summed E-state index contributed by atoms with van der Waals surface area (Å²) in [7, 11) is 1.78. The molecule has 0 unspecified atom stereocenters. The Hall–Kier alpha value is -1.69. The third kappa shape index (κ3) is 4.16. The van der Waals surface area contributed by atoms with Gasteiger partial charge in [-0.25, -0.2) is 0 Å². The Morgan fingerprint density at radius 1 is 1.45 bits per heavy atom. The van der Waals surface area contributed by atoms with Gasteiger partial charge >= 0.3 is 0 Å². The first kappa shape index (κ1) is 16.7. The quantitative estimate of drug-likeness (QED) is 0.835. The summed E-state index contributed by atoms with van der Waals surface area (Å²) >= 11 is 1.38. The predicted octanol–water partition coefficient (Wildman–Crippen LogP) is 3.20. The summed E-state index contributed by atoms with van der Waals surface area (Å²) in [4.78, 5) is 13.9. The highest BCUT2D eigenvalue weighted by Crippen LogP contribution is 2.33. The molecule has 5 nitrogen and oxygen atoms in total. The van der Waals surface area contributed by atoms with E-state index in [1.807, 2.05) is 6.92 Å². The SMILES string of the molecule is CCc1nnc(OCC(=O)N(C)C2=CC(C)(C)CC(C)=C2)s1. The highest BCUT2D eigenvalue weighted by atomic mass is 32.1. The maximum atomic E-state index is 12.3. The monoisotopic (exact) mass is 321 g/mol. The van der Waals surface area contributed by atoms with E-state index in [0.29, 0.717) is 5.19 Å². The number of hydrogen-bond donors (Lipinski definition) is 0. The maximum absolute atomic E-state index is 12.3. The minimum absolute atomic E-state index is 0.0283. The van der Waals surface area contributed by atoms with Crippen molar-refractivity contribution in [3.63, 3.8) is 0 Å². The zero-order valence-corrected chi connectivity index (χ0v) is 14.7. The number of likely N-dealkylation sites (N-methyl/N-ethyl adjacent to an activating group) is 1. The molecule has 1 amide bonds. The van der Waals surface area contributed by atoms with Crippen LogP contribution in [0.4, 0.5) is 0 Å². The molecule has 1 aromatic rings. The van der Waals surface area contributed by atoms with E-state index in [0.717, 1.165) is 23.5 Å². The van der Waals surface area contributed by atoms with Crippen molar-refractivity contribution >= 4 is 17.2 Å². The van der Waals surface area contributed by atoms with Crippen molar-refractivity contribution in [2.45, 2.75) is 40.5 Å². The van der Waals surface area contributed by atoms with Gasteiger partial charge in [0.2, 0.25) is 0 Å². The third-order valence-corrected chi connectivity index (χ3v) is 4.48. The average Bonchev–Trinajstić information content (AvgIpc) is 2.89. The summed E-state index contributed by atoms with van der Waals surface area (Å²) in [5.41, 5.74) is 2.27. The van der Waals surface area contributed by atoms with Crippen LogP contribution in [0.2, 0.25) is 0 Å².